The van der Waals surface area contributed by atoms with E-state index in [0.29, 0.717) is 23.5 Å². The number of carbonyl (C=O) groups excluding carboxylic acids is 4. The summed E-state index contributed by atoms with van der Waals surface area (Å²) in [4.78, 5) is 52.7. The molecule has 0 saturated carbocycles. The molecule has 4 aromatic rings. The van der Waals surface area contributed by atoms with Crippen LogP contribution in [0.1, 0.15) is 77.0 Å². The van der Waals surface area contributed by atoms with E-state index in [-0.39, 0.29) is 47.7 Å². The zero-order valence-electron chi connectivity index (χ0n) is 27.0. The highest BCUT2D eigenvalue weighted by Gasteiger charge is 2.39. The number of phenolic OH excluding ortho intramolecular Hbond substituents is 1. The first-order valence-electron chi connectivity index (χ1n) is 15.2. The average Bonchev–Trinajstić information content (AvgIpc) is 3.46. The van der Waals surface area contributed by atoms with Crippen LogP contribution in [-0.2, 0) is 13.1 Å². The first-order valence-corrected chi connectivity index (χ1v) is 15.2. The quantitative estimate of drug-likeness (QED) is 0.219. The van der Waals surface area contributed by atoms with E-state index in [1.807, 2.05) is 51.1 Å². The fourth-order valence-electron chi connectivity index (χ4n) is 5.52. The highest BCUT2D eigenvalue weighted by Crippen LogP contribution is 2.33. The van der Waals surface area contributed by atoms with Crippen molar-refractivity contribution in [1.29, 1.82) is 0 Å². The number of phenols is 1. The lowest BCUT2D eigenvalue weighted by Crippen LogP contribution is -2.29. The molecule has 2 aliphatic rings. The summed E-state index contributed by atoms with van der Waals surface area (Å²) in [6.45, 7) is 6.74. The third-order valence-corrected chi connectivity index (χ3v) is 8.16. The van der Waals surface area contributed by atoms with Crippen LogP contribution in [0.2, 0.25) is 0 Å². The fourth-order valence-corrected chi connectivity index (χ4v) is 5.52. The number of imide groups is 2. The summed E-state index contributed by atoms with van der Waals surface area (Å²) in [6, 6.07) is 20.8. The Labute approximate surface area is 273 Å². The lowest BCUT2D eigenvalue weighted by molar-refractivity contribution is 0.0625. The number of amides is 4. The Bertz CT molecular complexity index is 1880. The SMILES string of the molecule is CCCOc1cccc2c1C(=O)N(Cc1ccc(OC)cc1C)C2=O.COc1ccc(CN2C(=O)c3cccc(O)c3C2=O)c(C)c1. The van der Waals surface area contributed by atoms with Gasteiger partial charge in [0.25, 0.3) is 23.6 Å². The van der Waals surface area contributed by atoms with Crippen LogP contribution < -0.4 is 14.2 Å². The van der Waals surface area contributed by atoms with Crippen molar-refractivity contribution in [2.24, 2.45) is 0 Å². The van der Waals surface area contributed by atoms with Crippen LogP contribution >= 0.6 is 0 Å². The molecule has 242 valence electrons. The molecule has 47 heavy (non-hydrogen) atoms. The van der Waals surface area contributed by atoms with Crippen LogP contribution in [0.4, 0.5) is 0 Å². The van der Waals surface area contributed by atoms with Gasteiger partial charge < -0.3 is 19.3 Å². The zero-order valence-corrected chi connectivity index (χ0v) is 27.0. The Kier molecular flexibility index (Phi) is 9.60. The van der Waals surface area contributed by atoms with E-state index in [4.69, 9.17) is 14.2 Å². The monoisotopic (exact) mass is 636 g/mol. The van der Waals surface area contributed by atoms with Crippen molar-refractivity contribution in [3.05, 3.63) is 117 Å². The number of fused-ring (bicyclic) bond motifs is 2. The maximum atomic E-state index is 12.8. The molecule has 10 nitrogen and oxygen atoms in total. The maximum Gasteiger partial charge on any atom is 0.265 e. The first kappa shape index (κ1) is 32.7. The molecule has 2 heterocycles. The Morgan fingerprint density at radius 3 is 1.60 bits per heavy atom. The number of ether oxygens (including phenoxy) is 3. The van der Waals surface area contributed by atoms with Crippen LogP contribution in [0, 0.1) is 13.8 Å². The largest absolute Gasteiger partial charge is 0.507 e. The van der Waals surface area contributed by atoms with Gasteiger partial charge in [-0.1, -0.05) is 31.2 Å². The number of hydrogen-bond acceptors (Lipinski definition) is 8. The van der Waals surface area contributed by atoms with Crippen molar-refractivity contribution < 1.29 is 38.5 Å². The van der Waals surface area contributed by atoms with Crippen LogP contribution in [0.3, 0.4) is 0 Å². The molecule has 0 fully saturated rings. The smallest absolute Gasteiger partial charge is 0.265 e. The standard InChI is InChI=1S/C20H21NO4.C17H15NO4/c1-4-10-25-17-7-5-6-16-18(17)20(23)21(19(16)22)12-14-8-9-15(24-3)11-13(14)2;1-10-8-12(22-2)7-6-11(10)9-18-16(20)13-4-3-5-14(19)15(13)17(18)21/h5-9,11H,4,10,12H2,1-3H3;3-8,19H,9H2,1-2H3. The summed E-state index contributed by atoms with van der Waals surface area (Å²) in [5, 5.41) is 9.81. The van der Waals surface area contributed by atoms with E-state index in [1.54, 1.807) is 50.6 Å². The van der Waals surface area contributed by atoms with Crippen LogP contribution in [0.15, 0.2) is 72.8 Å². The van der Waals surface area contributed by atoms with Crippen LogP contribution in [0.25, 0.3) is 0 Å². The summed E-state index contributed by atoms with van der Waals surface area (Å²) >= 11 is 0. The number of carbonyl (C=O) groups is 4. The summed E-state index contributed by atoms with van der Waals surface area (Å²) in [6.07, 6.45) is 0.834. The molecule has 2 aliphatic heterocycles. The molecule has 1 N–H and O–H groups in total. The van der Waals surface area contributed by atoms with Gasteiger partial charge in [0.1, 0.15) is 23.0 Å². The molecule has 0 spiro atoms. The van der Waals surface area contributed by atoms with Gasteiger partial charge in [0.05, 0.1) is 56.2 Å². The average molecular weight is 637 g/mol. The van der Waals surface area contributed by atoms with Gasteiger partial charge in [-0.05, 0) is 91.1 Å². The number of hydrogen-bond donors (Lipinski definition) is 1. The van der Waals surface area contributed by atoms with Crippen molar-refractivity contribution in [2.75, 3.05) is 20.8 Å². The Morgan fingerprint density at radius 2 is 1.13 bits per heavy atom. The topological polar surface area (TPSA) is 123 Å². The van der Waals surface area contributed by atoms with Gasteiger partial charge in [-0.25, -0.2) is 0 Å². The Morgan fingerprint density at radius 1 is 0.638 bits per heavy atom. The maximum absolute atomic E-state index is 12.8. The van der Waals surface area contributed by atoms with Crippen LogP contribution in [-0.4, -0.2) is 59.4 Å². The van der Waals surface area contributed by atoms with Crippen LogP contribution in [0.5, 0.6) is 23.0 Å². The van der Waals surface area contributed by atoms with Gasteiger partial charge in [-0.15, -0.1) is 0 Å². The van der Waals surface area contributed by atoms with E-state index < -0.39 is 5.91 Å². The number of benzene rings is 4. The minimum atomic E-state index is -0.465. The molecule has 0 atom stereocenters. The second-order valence-corrected chi connectivity index (χ2v) is 11.2. The normalized spacial score (nSPS) is 13.3. The summed E-state index contributed by atoms with van der Waals surface area (Å²) in [5.74, 6) is 0.357. The van der Waals surface area contributed by atoms with Crippen molar-refractivity contribution >= 4 is 23.6 Å². The first-order chi connectivity index (χ1) is 22.6. The predicted octanol–water partition coefficient (Wildman–Crippen LogP) is 6.09. The molecule has 10 heteroatoms. The molecule has 0 unspecified atom stereocenters. The van der Waals surface area contributed by atoms with E-state index >= 15 is 0 Å². The fraction of sp³-hybridized carbons (Fsp3) is 0.243. The molecule has 6 rings (SSSR count). The second-order valence-electron chi connectivity index (χ2n) is 11.2. The van der Waals surface area contributed by atoms with Gasteiger partial charge in [0, 0.05) is 0 Å². The van der Waals surface area contributed by atoms with E-state index in [2.05, 4.69) is 0 Å². The molecule has 0 aliphatic carbocycles. The highest BCUT2D eigenvalue weighted by molar-refractivity contribution is 6.23. The lowest BCUT2D eigenvalue weighted by atomic mass is 10.1. The summed E-state index contributed by atoms with van der Waals surface area (Å²) in [5.41, 5.74) is 4.77. The Hall–Kier alpha value is -5.64. The third-order valence-electron chi connectivity index (χ3n) is 8.16. The van der Waals surface area contributed by atoms with Gasteiger partial charge >= 0.3 is 0 Å². The highest BCUT2D eigenvalue weighted by atomic mass is 16.5. The summed E-state index contributed by atoms with van der Waals surface area (Å²) < 4.78 is 16.0. The number of aryl methyl sites for hydroxylation is 2. The zero-order chi connectivity index (χ0) is 33.8. The van der Waals surface area contributed by atoms with E-state index in [1.165, 1.54) is 11.0 Å². The molecular weight excluding hydrogens is 600 g/mol. The molecule has 4 amide bonds. The molecule has 0 aromatic heterocycles. The minimum absolute atomic E-state index is 0.0821. The summed E-state index contributed by atoms with van der Waals surface area (Å²) in [7, 11) is 3.19. The molecule has 0 saturated heterocycles. The predicted molar refractivity (Wildman–Crippen MR) is 174 cm³/mol. The minimum Gasteiger partial charge on any atom is -0.507 e. The Balaban J connectivity index is 0.000000186. The second kappa shape index (κ2) is 13.8. The van der Waals surface area contributed by atoms with Gasteiger partial charge in [0.15, 0.2) is 0 Å². The van der Waals surface area contributed by atoms with Crippen molar-refractivity contribution in [2.45, 2.75) is 40.3 Å². The molecule has 4 aromatic carbocycles. The van der Waals surface area contributed by atoms with Gasteiger partial charge in [0.2, 0.25) is 0 Å². The number of methoxy groups -OCH3 is 2. The van der Waals surface area contributed by atoms with Gasteiger partial charge in [-0.3, -0.25) is 29.0 Å². The lowest BCUT2D eigenvalue weighted by Gasteiger charge is -2.16. The van der Waals surface area contributed by atoms with E-state index in [9.17, 15) is 24.3 Å². The third kappa shape index (κ3) is 6.40. The van der Waals surface area contributed by atoms with Crippen molar-refractivity contribution in [3.63, 3.8) is 0 Å². The molecule has 0 bridgehead atoms. The number of rotatable bonds is 9. The van der Waals surface area contributed by atoms with Crippen molar-refractivity contribution in [3.8, 4) is 23.0 Å². The van der Waals surface area contributed by atoms with Gasteiger partial charge in [-0.2, -0.15) is 0 Å². The van der Waals surface area contributed by atoms with Crippen molar-refractivity contribution in [1.82, 2.24) is 9.80 Å². The van der Waals surface area contributed by atoms with E-state index in [0.717, 1.165) is 45.1 Å². The molecular formula is C37H36N2O8. The number of nitrogens with zero attached hydrogens (tertiary/aromatic N) is 2. The number of aromatic hydroxyl groups is 1. The molecule has 0 radical (unpaired) electrons.